The molecule has 2 aromatic heterocycles. The fourth-order valence-electron chi connectivity index (χ4n) is 2.41. The van der Waals surface area contributed by atoms with E-state index in [1.807, 2.05) is 26.8 Å². The molecule has 7 heteroatoms. The van der Waals surface area contributed by atoms with Crippen molar-refractivity contribution in [3.63, 3.8) is 0 Å². The molecule has 0 aliphatic heterocycles. The zero-order valence-corrected chi connectivity index (χ0v) is 14.2. The molecule has 2 aromatic rings. The van der Waals surface area contributed by atoms with E-state index in [9.17, 15) is 5.26 Å². The maximum atomic E-state index is 9.25. The van der Waals surface area contributed by atoms with Gasteiger partial charge in [-0.2, -0.15) is 10.5 Å². The molecule has 0 aromatic carbocycles. The minimum Gasteiger partial charge on any atom is -0.397 e. The lowest BCUT2D eigenvalue weighted by atomic mass is 9.95. The number of nitriles is 2. The van der Waals surface area contributed by atoms with Gasteiger partial charge >= 0.3 is 0 Å². The van der Waals surface area contributed by atoms with E-state index in [-0.39, 0.29) is 22.5 Å². The Morgan fingerprint density at radius 1 is 1.04 bits per heavy atom. The van der Waals surface area contributed by atoms with E-state index in [4.69, 9.17) is 16.7 Å². The van der Waals surface area contributed by atoms with Crippen molar-refractivity contribution in [1.29, 1.82) is 10.5 Å². The van der Waals surface area contributed by atoms with Crippen LogP contribution in [0, 0.1) is 22.7 Å². The number of hydrogen-bond donors (Lipinski definition) is 2. The third-order valence-electron chi connectivity index (χ3n) is 3.72. The Morgan fingerprint density at radius 2 is 1.75 bits per heavy atom. The van der Waals surface area contributed by atoms with Crippen LogP contribution in [-0.2, 0) is 11.8 Å². The van der Waals surface area contributed by atoms with Crippen LogP contribution in [0.1, 0.15) is 57.1 Å². The summed E-state index contributed by atoms with van der Waals surface area (Å²) in [5.41, 5.74) is 13.3. The van der Waals surface area contributed by atoms with Crippen molar-refractivity contribution in [1.82, 2.24) is 15.0 Å². The molecule has 4 N–H and O–H groups in total. The molecular weight excluding hydrogens is 302 g/mol. The highest BCUT2D eigenvalue weighted by Crippen LogP contribution is 2.31. The average Bonchev–Trinajstić information content (AvgIpc) is 2.50. The number of nitrogens with zero attached hydrogens (tertiary/aromatic N) is 5. The molecule has 0 saturated heterocycles. The number of rotatable bonds is 4. The van der Waals surface area contributed by atoms with Gasteiger partial charge in [-0.05, 0) is 19.3 Å². The van der Waals surface area contributed by atoms with E-state index in [1.165, 1.54) is 0 Å². The van der Waals surface area contributed by atoms with Gasteiger partial charge in [0.15, 0.2) is 5.65 Å². The zero-order chi connectivity index (χ0) is 17.9. The Bertz CT molecular complexity index is 851. The standard InChI is InChI=1S/C17H21N7/c1-17(2,3)16-22-11(7-5-4-6-8-18)12-13(20)10(9-19)14(21)23-15(12)24-16/h4-7H2,1-3H3,(H4,20,21,22,23,24). The third-order valence-corrected chi connectivity index (χ3v) is 3.72. The molecule has 0 amide bonds. The fourth-order valence-corrected chi connectivity index (χ4v) is 2.41. The van der Waals surface area contributed by atoms with E-state index in [1.54, 1.807) is 0 Å². The second kappa shape index (κ2) is 6.67. The Labute approximate surface area is 141 Å². The smallest absolute Gasteiger partial charge is 0.167 e. The van der Waals surface area contributed by atoms with E-state index in [0.717, 1.165) is 18.5 Å². The monoisotopic (exact) mass is 323 g/mol. The first-order valence-corrected chi connectivity index (χ1v) is 7.82. The molecule has 124 valence electrons. The average molecular weight is 323 g/mol. The first-order valence-electron chi connectivity index (χ1n) is 7.82. The van der Waals surface area contributed by atoms with Crippen molar-refractivity contribution >= 4 is 22.5 Å². The molecule has 0 aliphatic carbocycles. The van der Waals surface area contributed by atoms with E-state index < -0.39 is 0 Å². The molecule has 2 rings (SSSR count). The molecule has 0 spiro atoms. The number of aryl methyl sites for hydroxylation is 1. The normalized spacial score (nSPS) is 11.2. The predicted molar refractivity (Wildman–Crippen MR) is 92.7 cm³/mol. The van der Waals surface area contributed by atoms with Crippen LogP contribution in [0.5, 0.6) is 0 Å². The lowest BCUT2D eigenvalue weighted by Gasteiger charge is -2.19. The predicted octanol–water partition coefficient (Wildman–Crippen LogP) is 2.59. The number of nitrogen functional groups attached to an aromatic ring is 2. The van der Waals surface area contributed by atoms with Crippen LogP contribution >= 0.6 is 0 Å². The first kappa shape index (κ1) is 17.4. The Kier molecular flexibility index (Phi) is 4.85. The maximum absolute atomic E-state index is 9.25. The second-order valence-electron chi connectivity index (χ2n) is 6.71. The van der Waals surface area contributed by atoms with Crippen LogP contribution in [0.15, 0.2) is 0 Å². The van der Waals surface area contributed by atoms with Gasteiger partial charge in [0.2, 0.25) is 0 Å². The van der Waals surface area contributed by atoms with Crippen molar-refractivity contribution in [3.05, 3.63) is 17.1 Å². The minimum absolute atomic E-state index is 0.0801. The molecule has 0 fully saturated rings. The quantitative estimate of drug-likeness (QED) is 0.824. The lowest BCUT2D eigenvalue weighted by Crippen LogP contribution is -2.18. The van der Waals surface area contributed by atoms with E-state index >= 15 is 0 Å². The molecular formula is C17H21N7. The van der Waals surface area contributed by atoms with E-state index in [0.29, 0.717) is 29.7 Å². The molecule has 0 atom stereocenters. The minimum atomic E-state index is -0.255. The molecule has 0 unspecified atom stereocenters. The Morgan fingerprint density at radius 3 is 2.33 bits per heavy atom. The Hall–Kier alpha value is -2.93. The van der Waals surface area contributed by atoms with Crippen LogP contribution in [-0.4, -0.2) is 15.0 Å². The number of hydrogen-bond acceptors (Lipinski definition) is 7. The van der Waals surface area contributed by atoms with Crippen molar-refractivity contribution in [2.24, 2.45) is 0 Å². The summed E-state index contributed by atoms with van der Waals surface area (Å²) in [5, 5.41) is 18.5. The number of pyridine rings is 1. The summed E-state index contributed by atoms with van der Waals surface area (Å²) in [4.78, 5) is 13.4. The number of aromatic nitrogens is 3. The summed E-state index contributed by atoms with van der Waals surface area (Å²) in [6.45, 7) is 6.05. The molecule has 0 radical (unpaired) electrons. The zero-order valence-electron chi connectivity index (χ0n) is 14.2. The highest BCUT2D eigenvalue weighted by molar-refractivity contribution is 5.95. The third kappa shape index (κ3) is 3.36. The van der Waals surface area contributed by atoms with Crippen LogP contribution in [0.4, 0.5) is 11.5 Å². The van der Waals surface area contributed by atoms with Gasteiger partial charge in [0.25, 0.3) is 0 Å². The fraction of sp³-hybridized carbons (Fsp3) is 0.471. The SMILES string of the molecule is CC(C)(C)c1nc(CCCCC#N)c2c(N)c(C#N)c(N)nc2n1. The highest BCUT2D eigenvalue weighted by Gasteiger charge is 2.23. The number of fused-ring (bicyclic) bond motifs is 1. The van der Waals surface area contributed by atoms with Gasteiger partial charge in [-0.25, -0.2) is 15.0 Å². The summed E-state index contributed by atoms with van der Waals surface area (Å²) in [7, 11) is 0. The van der Waals surface area contributed by atoms with Crippen molar-refractivity contribution < 1.29 is 0 Å². The van der Waals surface area contributed by atoms with Gasteiger partial charge < -0.3 is 11.5 Å². The molecule has 0 saturated carbocycles. The van der Waals surface area contributed by atoms with Gasteiger partial charge in [0.1, 0.15) is 23.3 Å². The Balaban J connectivity index is 2.66. The number of anilines is 2. The molecule has 2 heterocycles. The van der Waals surface area contributed by atoms with Crippen molar-refractivity contribution in [2.75, 3.05) is 11.5 Å². The molecule has 0 aliphatic rings. The summed E-state index contributed by atoms with van der Waals surface area (Å²) in [5.74, 6) is 0.734. The maximum Gasteiger partial charge on any atom is 0.167 e. The second-order valence-corrected chi connectivity index (χ2v) is 6.71. The molecule has 24 heavy (non-hydrogen) atoms. The van der Waals surface area contributed by atoms with Gasteiger partial charge in [-0.1, -0.05) is 20.8 Å². The summed E-state index contributed by atoms with van der Waals surface area (Å²) in [6.07, 6.45) is 2.72. The summed E-state index contributed by atoms with van der Waals surface area (Å²) >= 11 is 0. The van der Waals surface area contributed by atoms with Crippen LogP contribution in [0.25, 0.3) is 11.0 Å². The largest absolute Gasteiger partial charge is 0.397 e. The topological polar surface area (TPSA) is 138 Å². The van der Waals surface area contributed by atoms with E-state index in [2.05, 4.69) is 21.0 Å². The lowest BCUT2D eigenvalue weighted by molar-refractivity contribution is 0.543. The number of unbranched alkanes of at least 4 members (excludes halogenated alkanes) is 2. The molecule has 0 bridgehead atoms. The summed E-state index contributed by atoms with van der Waals surface area (Å²) in [6, 6.07) is 4.13. The van der Waals surface area contributed by atoms with Crippen molar-refractivity contribution in [3.8, 4) is 12.1 Å². The highest BCUT2D eigenvalue weighted by atomic mass is 15.0. The molecule has 7 nitrogen and oxygen atoms in total. The number of nitrogens with two attached hydrogens (primary N) is 2. The summed E-state index contributed by atoms with van der Waals surface area (Å²) < 4.78 is 0. The van der Waals surface area contributed by atoms with Crippen LogP contribution in [0.3, 0.4) is 0 Å². The van der Waals surface area contributed by atoms with Gasteiger partial charge in [-0.15, -0.1) is 0 Å². The van der Waals surface area contributed by atoms with Crippen molar-refractivity contribution in [2.45, 2.75) is 51.9 Å². The first-order chi connectivity index (χ1) is 11.3. The van der Waals surface area contributed by atoms with Gasteiger partial charge in [-0.3, -0.25) is 0 Å². The van der Waals surface area contributed by atoms with Crippen LogP contribution in [0.2, 0.25) is 0 Å². The van der Waals surface area contributed by atoms with Gasteiger partial charge in [0.05, 0.1) is 22.8 Å². The van der Waals surface area contributed by atoms with Gasteiger partial charge in [0, 0.05) is 11.8 Å². The van der Waals surface area contributed by atoms with Crippen LogP contribution < -0.4 is 11.5 Å².